The normalized spacial score (nSPS) is 10.8. The Hall–Kier alpha value is -3.99. The Morgan fingerprint density at radius 3 is 2.36 bits per heavy atom. The molecule has 4 aromatic rings. The lowest BCUT2D eigenvalue weighted by molar-refractivity contribution is 0.102. The van der Waals surface area contributed by atoms with E-state index in [0.29, 0.717) is 11.4 Å². The summed E-state index contributed by atoms with van der Waals surface area (Å²) in [5.74, 6) is -0.438. The summed E-state index contributed by atoms with van der Waals surface area (Å²) in [6, 6.07) is 20.8. The zero-order valence-corrected chi connectivity index (χ0v) is 19.3. The second kappa shape index (κ2) is 9.25. The minimum Gasteiger partial charge on any atom is -0.321 e. The van der Waals surface area contributed by atoms with Gasteiger partial charge in [0.05, 0.1) is 11.4 Å². The van der Waals surface area contributed by atoms with Crippen LogP contribution < -0.4 is 10.7 Å². The largest absolute Gasteiger partial charge is 0.321 e. The Bertz CT molecular complexity index is 1390. The Kier molecular flexibility index (Phi) is 6.22. The van der Waals surface area contributed by atoms with E-state index in [1.807, 2.05) is 92.9 Å². The van der Waals surface area contributed by atoms with Crippen LogP contribution in [0.3, 0.4) is 0 Å². The molecule has 33 heavy (non-hydrogen) atoms. The Labute approximate surface area is 193 Å². The fourth-order valence-electron chi connectivity index (χ4n) is 4.20. The van der Waals surface area contributed by atoms with E-state index in [2.05, 4.69) is 10.3 Å². The summed E-state index contributed by atoms with van der Waals surface area (Å²) in [6.45, 7) is 7.88. The Morgan fingerprint density at radius 2 is 1.67 bits per heavy atom. The van der Waals surface area contributed by atoms with Crippen molar-refractivity contribution in [1.82, 2.24) is 9.55 Å². The fraction of sp³-hybridized carbons (Fsp3) is 0.179. The molecule has 0 unspecified atom stereocenters. The summed E-state index contributed by atoms with van der Waals surface area (Å²) in [7, 11) is 0. The smallest absolute Gasteiger partial charge is 0.261 e. The van der Waals surface area contributed by atoms with Gasteiger partial charge in [0, 0.05) is 29.3 Å². The van der Waals surface area contributed by atoms with Crippen molar-refractivity contribution in [3.63, 3.8) is 0 Å². The van der Waals surface area contributed by atoms with E-state index < -0.39 is 5.91 Å². The number of carbonyl (C=O) groups excluding carboxylic acids is 1. The molecular weight excluding hydrogens is 410 g/mol. The summed E-state index contributed by atoms with van der Waals surface area (Å²) in [5, 5.41) is 3.03. The maximum atomic E-state index is 13.7. The minimum atomic E-state index is -0.438. The lowest BCUT2D eigenvalue weighted by Crippen LogP contribution is -2.27. The first-order chi connectivity index (χ1) is 15.9. The molecule has 0 fully saturated rings. The molecule has 0 radical (unpaired) electrons. The van der Waals surface area contributed by atoms with Crippen LogP contribution in [0.4, 0.5) is 5.69 Å². The number of benzene rings is 2. The van der Waals surface area contributed by atoms with Gasteiger partial charge in [-0.1, -0.05) is 49.4 Å². The Morgan fingerprint density at radius 1 is 0.939 bits per heavy atom. The van der Waals surface area contributed by atoms with Crippen molar-refractivity contribution in [2.75, 3.05) is 5.32 Å². The minimum absolute atomic E-state index is 0.0767. The van der Waals surface area contributed by atoms with E-state index in [4.69, 9.17) is 0 Å². The standard InChI is InChI=1S/C28H27N3O2/c1-5-21-13-10-12-19(3)26(21)30-28(33)25-24(32)17-20(4)31(23-15-7-6-11-18(23)2)27(25)22-14-8-9-16-29-22/h6-17H,5H2,1-4H3,(H,30,33). The third-order valence-electron chi connectivity index (χ3n) is 5.87. The third kappa shape index (κ3) is 4.22. The van der Waals surface area contributed by atoms with Crippen molar-refractivity contribution in [3.8, 4) is 17.1 Å². The van der Waals surface area contributed by atoms with Gasteiger partial charge in [-0.3, -0.25) is 14.6 Å². The number of carbonyl (C=O) groups is 1. The van der Waals surface area contributed by atoms with E-state index in [9.17, 15) is 9.59 Å². The molecule has 2 aromatic carbocycles. The summed E-state index contributed by atoms with van der Waals surface area (Å²) >= 11 is 0. The van der Waals surface area contributed by atoms with Crippen molar-refractivity contribution < 1.29 is 4.79 Å². The van der Waals surface area contributed by atoms with Crippen molar-refractivity contribution in [1.29, 1.82) is 0 Å². The monoisotopic (exact) mass is 437 g/mol. The van der Waals surface area contributed by atoms with E-state index in [-0.39, 0.29) is 11.0 Å². The molecule has 0 aliphatic carbocycles. The molecule has 1 amide bonds. The molecule has 5 heteroatoms. The van der Waals surface area contributed by atoms with E-state index >= 15 is 0 Å². The van der Waals surface area contributed by atoms with Crippen LogP contribution in [-0.4, -0.2) is 15.5 Å². The summed E-state index contributed by atoms with van der Waals surface area (Å²) in [4.78, 5) is 31.5. The first-order valence-corrected chi connectivity index (χ1v) is 11.1. The van der Waals surface area contributed by atoms with Gasteiger partial charge in [-0.15, -0.1) is 0 Å². The van der Waals surface area contributed by atoms with Gasteiger partial charge in [-0.2, -0.15) is 0 Å². The maximum Gasteiger partial charge on any atom is 0.261 e. The van der Waals surface area contributed by atoms with E-state index in [1.165, 1.54) is 6.07 Å². The predicted octanol–water partition coefficient (Wildman–Crippen LogP) is 5.64. The van der Waals surface area contributed by atoms with Gasteiger partial charge in [0.2, 0.25) is 0 Å². The lowest BCUT2D eigenvalue weighted by atomic mass is 10.0. The number of hydrogen-bond donors (Lipinski definition) is 1. The quantitative estimate of drug-likeness (QED) is 0.439. The van der Waals surface area contributed by atoms with Crippen LogP contribution in [0, 0.1) is 20.8 Å². The van der Waals surface area contributed by atoms with Crippen LogP contribution in [0.25, 0.3) is 17.1 Å². The van der Waals surface area contributed by atoms with Gasteiger partial charge < -0.3 is 9.88 Å². The molecule has 0 atom stereocenters. The summed E-state index contributed by atoms with van der Waals surface area (Å²) < 4.78 is 1.95. The topological polar surface area (TPSA) is 64.0 Å². The molecule has 0 saturated heterocycles. The molecule has 2 heterocycles. The molecular formula is C28H27N3O2. The number of nitrogens with zero attached hydrogens (tertiary/aromatic N) is 2. The van der Waals surface area contributed by atoms with Crippen LogP contribution in [0.2, 0.25) is 0 Å². The number of para-hydroxylation sites is 2. The molecule has 0 saturated carbocycles. The first kappa shape index (κ1) is 22.2. The summed E-state index contributed by atoms with van der Waals surface area (Å²) in [5.41, 5.74) is 6.18. The molecule has 0 bridgehead atoms. The van der Waals surface area contributed by atoms with Gasteiger partial charge in [0.15, 0.2) is 5.43 Å². The highest BCUT2D eigenvalue weighted by molar-refractivity contribution is 6.08. The number of pyridine rings is 2. The molecule has 0 spiro atoms. The van der Waals surface area contributed by atoms with Crippen molar-refractivity contribution in [2.45, 2.75) is 34.1 Å². The van der Waals surface area contributed by atoms with Crippen LogP contribution in [0.15, 0.2) is 77.7 Å². The fourth-order valence-corrected chi connectivity index (χ4v) is 4.20. The van der Waals surface area contributed by atoms with Crippen LogP contribution >= 0.6 is 0 Å². The van der Waals surface area contributed by atoms with Crippen LogP contribution in [-0.2, 0) is 6.42 Å². The molecule has 0 aliphatic rings. The van der Waals surface area contributed by atoms with Gasteiger partial charge in [0.1, 0.15) is 5.56 Å². The average Bonchev–Trinajstić information content (AvgIpc) is 2.81. The average molecular weight is 438 g/mol. The first-order valence-electron chi connectivity index (χ1n) is 11.1. The number of aromatic nitrogens is 2. The summed E-state index contributed by atoms with van der Waals surface area (Å²) in [6.07, 6.45) is 2.44. The van der Waals surface area contributed by atoms with Crippen LogP contribution in [0.1, 0.15) is 39.7 Å². The SMILES string of the molecule is CCc1cccc(C)c1NC(=O)c1c(-c2ccccn2)n(-c2ccccc2C)c(C)cc1=O. The molecule has 2 aromatic heterocycles. The highest BCUT2D eigenvalue weighted by atomic mass is 16.2. The van der Waals surface area contributed by atoms with Gasteiger partial charge in [-0.05, 0) is 62.1 Å². The number of aryl methyl sites for hydroxylation is 4. The van der Waals surface area contributed by atoms with Gasteiger partial charge >= 0.3 is 0 Å². The van der Waals surface area contributed by atoms with Crippen LogP contribution in [0.5, 0.6) is 0 Å². The third-order valence-corrected chi connectivity index (χ3v) is 5.87. The number of hydrogen-bond acceptors (Lipinski definition) is 3. The second-order valence-corrected chi connectivity index (χ2v) is 8.13. The molecule has 166 valence electrons. The van der Waals surface area contributed by atoms with Crippen molar-refractivity contribution in [3.05, 3.63) is 111 Å². The van der Waals surface area contributed by atoms with Crippen molar-refractivity contribution in [2.24, 2.45) is 0 Å². The van der Waals surface area contributed by atoms with Gasteiger partial charge in [0.25, 0.3) is 5.91 Å². The zero-order chi connectivity index (χ0) is 23.5. The van der Waals surface area contributed by atoms with Gasteiger partial charge in [-0.25, -0.2) is 0 Å². The number of amides is 1. The number of nitrogens with one attached hydrogen (secondary N) is 1. The lowest BCUT2D eigenvalue weighted by Gasteiger charge is -2.22. The highest BCUT2D eigenvalue weighted by Gasteiger charge is 2.24. The molecule has 1 N–H and O–H groups in total. The van der Waals surface area contributed by atoms with Crippen molar-refractivity contribution >= 4 is 11.6 Å². The number of anilines is 1. The second-order valence-electron chi connectivity index (χ2n) is 8.13. The maximum absolute atomic E-state index is 13.7. The highest BCUT2D eigenvalue weighted by Crippen LogP contribution is 2.29. The molecule has 4 rings (SSSR count). The Balaban J connectivity index is 2.00. The number of rotatable bonds is 5. The zero-order valence-electron chi connectivity index (χ0n) is 19.3. The molecule has 0 aliphatic heterocycles. The van der Waals surface area contributed by atoms with E-state index in [0.717, 1.165) is 40.2 Å². The molecule has 5 nitrogen and oxygen atoms in total. The predicted molar refractivity (Wildman–Crippen MR) is 133 cm³/mol. The van der Waals surface area contributed by atoms with E-state index in [1.54, 1.807) is 6.20 Å².